The summed E-state index contributed by atoms with van der Waals surface area (Å²) in [5.74, 6) is 1.36. The van der Waals surface area contributed by atoms with Crippen molar-refractivity contribution in [2.75, 3.05) is 6.67 Å². The van der Waals surface area contributed by atoms with Crippen LogP contribution < -0.4 is 10.2 Å². The van der Waals surface area contributed by atoms with Gasteiger partial charge in [-0.15, -0.1) is 0 Å². The molecule has 3 aromatic carbocycles. The van der Waals surface area contributed by atoms with E-state index in [1.165, 1.54) is 0 Å². The zero-order valence-corrected chi connectivity index (χ0v) is 23.3. The Kier molecular flexibility index (Phi) is 8.91. The number of alkyl halides is 1. The van der Waals surface area contributed by atoms with E-state index in [9.17, 15) is 9.60 Å². The summed E-state index contributed by atoms with van der Waals surface area (Å²) in [5.41, 5.74) is 9.06. The maximum Gasteiger partial charge on any atom is 0.149 e. The molecule has 2 atom stereocenters. The van der Waals surface area contributed by atoms with Crippen molar-refractivity contribution in [2.24, 2.45) is 5.92 Å². The molecule has 0 saturated heterocycles. The zero-order chi connectivity index (χ0) is 27.4. The number of rotatable bonds is 8. The molecule has 0 bridgehead atoms. The first-order valence-corrected chi connectivity index (χ1v) is 14.4. The van der Waals surface area contributed by atoms with Crippen LogP contribution in [0.1, 0.15) is 72.8 Å². The molecule has 1 saturated carbocycles. The molecule has 0 aliphatic heterocycles. The summed E-state index contributed by atoms with van der Waals surface area (Å²) >= 11 is 12.9. The van der Waals surface area contributed by atoms with Gasteiger partial charge >= 0.3 is 0 Å². The van der Waals surface area contributed by atoms with Crippen molar-refractivity contribution < 1.29 is 14.3 Å². The first-order valence-electron chi connectivity index (χ1n) is 13.6. The van der Waals surface area contributed by atoms with E-state index in [0.717, 1.165) is 84.1 Å². The first kappa shape index (κ1) is 27.7. The van der Waals surface area contributed by atoms with E-state index < -0.39 is 0 Å². The van der Waals surface area contributed by atoms with Gasteiger partial charge in [0.05, 0.1) is 12.8 Å². The molecule has 0 aromatic heterocycles. The molecule has 0 spiro atoms. The number of ether oxygens (including phenoxy) is 1. The zero-order valence-electron chi connectivity index (χ0n) is 21.8. The van der Waals surface area contributed by atoms with E-state index in [4.69, 9.17) is 33.3 Å². The summed E-state index contributed by atoms with van der Waals surface area (Å²) in [6.07, 6.45) is 7.44. The van der Waals surface area contributed by atoms with Gasteiger partial charge in [-0.25, -0.2) is 0 Å². The molecule has 5 rings (SSSR count). The van der Waals surface area contributed by atoms with Gasteiger partial charge in [-0.1, -0.05) is 53.5 Å². The third kappa shape index (κ3) is 6.32. The quantitative estimate of drug-likeness (QED) is 0.145. The number of fused-ring (bicyclic) bond motifs is 1. The average molecular weight is 568 g/mol. The summed E-state index contributed by atoms with van der Waals surface area (Å²) in [4.78, 5) is 0. The molecule has 2 aliphatic carbocycles. The summed E-state index contributed by atoms with van der Waals surface area (Å²) in [6.45, 7) is -0.242. The molecular formula is C32H33Cl2FN2O2. The molecule has 3 N–H and O–H groups in total. The number of aryl methyl sites for hydroxylation is 1. The number of amidine groups is 1. The van der Waals surface area contributed by atoms with Gasteiger partial charge in [0.2, 0.25) is 0 Å². The third-order valence-electron chi connectivity index (χ3n) is 7.89. The van der Waals surface area contributed by atoms with Gasteiger partial charge in [0, 0.05) is 15.6 Å². The standard InChI is InChI=1S/C32H33Cl2FN2O2/c33-24-10-15-28(30(34)19-24)29-5-1-4-22-18-23(32(36)37-38)9-14-27(22)31(29)21-7-12-25(13-8-21)39-26-11-6-20(17-26)3-2-16-35/h7-10,12-15,18-20,26,38H,1-6,11,16-17H2,(H2,36,37)/t20?,26-/m0/s1. The highest BCUT2D eigenvalue weighted by Crippen LogP contribution is 2.43. The molecule has 4 nitrogen and oxygen atoms in total. The number of hydrogen-bond donors (Lipinski definition) is 3. The number of hydrogen-bond acceptors (Lipinski definition) is 3. The van der Waals surface area contributed by atoms with E-state index in [1.54, 1.807) is 6.07 Å². The average Bonchev–Trinajstić information content (AvgIpc) is 3.30. The Balaban J connectivity index is 1.51. The van der Waals surface area contributed by atoms with Crippen LogP contribution in [-0.4, -0.2) is 23.8 Å². The van der Waals surface area contributed by atoms with Crippen LogP contribution in [0.15, 0.2) is 60.7 Å². The van der Waals surface area contributed by atoms with Crippen molar-refractivity contribution in [3.8, 4) is 5.75 Å². The number of halogens is 3. The lowest BCUT2D eigenvalue weighted by Crippen LogP contribution is -2.19. The predicted octanol–water partition coefficient (Wildman–Crippen LogP) is 8.89. The number of nitrogens with one attached hydrogen (secondary N) is 2. The van der Waals surface area contributed by atoms with Gasteiger partial charge in [-0.3, -0.25) is 20.5 Å². The van der Waals surface area contributed by atoms with Crippen LogP contribution in [0.5, 0.6) is 5.75 Å². The second-order valence-corrected chi connectivity index (χ2v) is 11.3. The van der Waals surface area contributed by atoms with Crippen molar-refractivity contribution in [1.29, 1.82) is 5.41 Å². The topological polar surface area (TPSA) is 65.3 Å². The van der Waals surface area contributed by atoms with Gasteiger partial charge in [0.1, 0.15) is 11.6 Å². The monoisotopic (exact) mass is 566 g/mol. The molecule has 1 fully saturated rings. The van der Waals surface area contributed by atoms with Crippen LogP contribution in [0.3, 0.4) is 0 Å². The van der Waals surface area contributed by atoms with Crippen molar-refractivity contribution in [3.63, 3.8) is 0 Å². The molecule has 7 heteroatoms. The fourth-order valence-electron chi connectivity index (χ4n) is 6.00. The highest BCUT2D eigenvalue weighted by atomic mass is 35.5. The lowest BCUT2D eigenvalue weighted by Gasteiger charge is -2.19. The van der Waals surface area contributed by atoms with Crippen molar-refractivity contribution in [1.82, 2.24) is 5.48 Å². The summed E-state index contributed by atoms with van der Waals surface area (Å²) < 4.78 is 18.9. The highest BCUT2D eigenvalue weighted by Gasteiger charge is 2.26. The fourth-order valence-corrected chi connectivity index (χ4v) is 6.52. The van der Waals surface area contributed by atoms with Crippen LogP contribution in [0.2, 0.25) is 10.0 Å². The van der Waals surface area contributed by atoms with E-state index in [2.05, 4.69) is 12.1 Å². The Labute approximate surface area is 239 Å². The molecule has 0 heterocycles. The Hall–Kier alpha value is -2.86. The van der Waals surface area contributed by atoms with Crippen LogP contribution in [0.25, 0.3) is 11.1 Å². The SMILES string of the molecule is N=C(NO)c1ccc2c(c1)CCCC(c1ccc(Cl)cc1Cl)=C2c1ccc(O[C@H]2CCC(CCCF)C2)cc1. The largest absolute Gasteiger partial charge is 0.490 e. The summed E-state index contributed by atoms with van der Waals surface area (Å²) in [5, 5.41) is 18.5. The molecule has 3 aromatic rings. The molecule has 2 aliphatic rings. The molecule has 204 valence electrons. The molecule has 39 heavy (non-hydrogen) atoms. The maximum absolute atomic E-state index is 12.6. The fraction of sp³-hybridized carbons (Fsp3) is 0.344. The Morgan fingerprint density at radius 3 is 2.54 bits per heavy atom. The van der Waals surface area contributed by atoms with E-state index in [-0.39, 0.29) is 18.6 Å². The van der Waals surface area contributed by atoms with E-state index in [0.29, 0.717) is 27.9 Å². The van der Waals surface area contributed by atoms with Crippen LogP contribution >= 0.6 is 23.2 Å². The molecular weight excluding hydrogens is 534 g/mol. The van der Waals surface area contributed by atoms with Crippen molar-refractivity contribution >= 4 is 40.2 Å². The Morgan fingerprint density at radius 2 is 1.79 bits per heavy atom. The minimum absolute atomic E-state index is 0.0334. The summed E-state index contributed by atoms with van der Waals surface area (Å²) in [6, 6.07) is 19.8. The lowest BCUT2D eigenvalue weighted by atomic mass is 9.87. The Morgan fingerprint density at radius 1 is 1.00 bits per heavy atom. The molecule has 0 amide bonds. The van der Waals surface area contributed by atoms with Gasteiger partial charge in [0.25, 0.3) is 0 Å². The van der Waals surface area contributed by atoms with Gasteiger partial charge in [-0.05, 0) is 121 Å². The van der Waals surface area contributed by atoms with Crippen LogP contribution in [-0.2, 0) is 6.42 Å². The normalized spacial score (nSPS) is 19.0. The number of benzene rings is 3. The minimum Gasteiger partial charge on any atom is -0.490 e. The number of hydroxylamine groups is 1. The summed E-state index contributed by atoms with van der Waals surface area (Å²) in [7, 11) is 0. The van der Waals surface area contributed by atoms with Crippen molar-refractivity contribution in [2.45, 2.75) is 57.5 Å². The van der Waals surface area contributed by atoms with Crippen LogP contribution in [0, 0.1) is 11.3 Å². The number of allylic oxidation sites excluding steroid dienone is 1. The van der Waals surface area contributed by atoms with E-state index >= 15 is 0 Å². The Bertz CT molecular complexity index is 1370. The van der Waals surface area contributed by atoms with Gasteiger partial charge < -0.3 is 4.74 Å². The second kappa shape index (κ2) is 12.5. The van der Waals surface area contributed by atoms with Crippen molar-refractivity contribution in [3.05, 3.63) is 98.5 Å². The lowest BCUT2D eigenvalue weighted by molar-refractivity contribution is 0.202. The smallest absolute Gasteiger partial charge is 0.149 e. The van der Waals surface area contributed by atoms with E-state index in [1.807, 2.05) is 47.9 Å². The molecule has 0 radical (unpaired) electrons. The molecule has 1 unspecified atom stereocenters. The third-order valence-corrected chi connectivity index (χ3v) is 8.44. The highest BCUT2D eigenvalue weighted by molar-refractivity contribution is 6.36. The van der Waals surface area contributed by atoms with Gasteiger partial charge in [0.15, 0.2) is 0 Å². The van der Waals surface area contributed by atoms with Gasteiger partial charge in [-0.2, -0.15) is 0 Å². The minimum atomic E-state index is -0.242. The predicted molar refractivity (Wildman–Crippen MR) is 157 cm³/mol. The maximum atomic E-state index is 12.6. The second-order valence-electron chi connectivity index (χ2n) is 10.5. The van der Waals surface area contributed by atoms with Crippen LogP contribution in [0.4, 0.5) is 4.39 Å². The first-order chi connectivity index (χ1) is 19.0.